The van der Waals surface area contributed by atoms with Crippen LogP contribution in [-0.4, -0.2) is 51.1 Å². The second-order valence-corrected chi connectivity index (χ2v) is 7.69. The maximum Gasteiger partial charge on any atom is 0.411 e. The van der Waals surface area contributed by atoms with E-state index in [2.05, 4.69) is 27.0 Å². The number of rotatable bonds is 0. The van der Waals surface area contributed by atoms with Crippen LogP contribution in [0.2, 0.25) is 0 Å². The molecule has 1 N–H and O–H groups in total. The topological polar surface area (TPSA) is 76.8 Å². The normalized spacial score (nSPS) is 21.0. The van der Waals surface area contributed by atoms with Gasteiger partial charge in [0.15, 0.2) is 23.3 Å². The Kier molecular flexibility index (Phi) is 4.60. The lowest BCUT2D eigenvalue weighted by Gasteiger charge is -2.35. The molecule has 2 aliphatic heterocycles. The highest BCUT2D eigenvalue weighted by atomic mass is 19.4. The van der Waals surface area contributed by atoms with Gasteiger partial charge in [0.1, 0.15) is 19.0 Å². The van der Waals surface area contributed by atoms with E-state index in [1.807, 2.05) is 11.8 Å². The first-order valence-corrected chi connectivity index (χ1v) is 9.78. The molecule has 3 aromatic rings. The van der Waals surface area contributed by atoms with Gasteiger partial charge in [0.25, 0.3) is 0 Å². The number of alkyl halides is 3. The standard InChI is InChI=1S/C20H18F4N6O2/c1-10-8-31-15-7-30-17-14(5-26-30)11(2)27-16(20(22,23)24)9-32-19-12(3-13(21)4-25-19)6-29(10)18(15)28-17/h3-5,7,10,16,27H,2,6,8-9H2,1H3/t10-,16+/m1/s1. The first-order valence-electron chi connectivity index (χ1n) is 9.78. The van der Waals surface area contributed by atoms with Crippen molar-refractivity contribution in [1.29, 1.82) is 0 Å². The summed E-state index contributed by atoms with van der Waals surface area (Å²) < 4.78 is 67.7. The van der Waals surface area contributed by atoms with Crippen molar-refractivity contribution in [1.82, 2.24) is 24.9 Å². The zero-order valence-corrected chi connectivity index (χ0v) is 16.9. The fourth-order valence-electron chi connectivity index (χ4n) is 3.71. The minimum absolute atomic E-state index is 0.0127. The number of ether oxygens (including phenoxy) is 2. The van der Waals surface area contributed by atoms with Crippen LogP contribution in [0, 0.1) is 5.82 Å². The summed E-state index contributed by atoms with van der Waals surface area (Å²) >= 11 is 0. The highest BCUT2D eigenvalue weighted by Gasteiger charge is 2.41. The van der Waals surface area contributed by atoms with Crippen molar-refractivity contribution in [3.8, 4) is 11.6 Å². The van der Waals surface area contributed by atoms with Crippen LogP contribution >= 0.6 is 0 Å². The van der Waals surface area contributed by atoms with Gasteiger partial charge in [0.2, 0.25) is 5.88 Å². The Labute approximate surface area is 179 Å². The third-order valence-electron chi connectivity index (χ3n) is 5.41. The number of halogens is 4. The Morgan fingerprint density at radius 1 is 1.22 bits per heavy atom. The molecule has 3 aromatic heterocycles. The van der Waals surface area contributed by atoms with Crippen molar-refractivity contribution >= 4 is 17.2 Å². The minimum atomic E-state index is -4.64. The predicted octanol–water partition coefficient (Wildman–Crippen LogP) is 2.93. The van der Waals surface area contributed by atoms with Gasteiger partial charge in [-0.05, 0) is 13.0 Å². The third kappa shape index (κ3) is 3.45. The van der Waals surface area contributed by atoms with E-state index in [9.17, 15) is 17.6 Å². The molecule has 0 saturated carbocycles. The van der Waals surface area contributed by atoms with Gasteiger partial charge in [0, 0.05) is 11.3 Å². The summed E-state index contributed by atoms with van der Waals surface area (Å²) in [7, 11) is 0. The second kappa shape index (κ2) is 7.24. The number of nitrogens with one attached hydrogen (secondary N) is 1. The molecule has 12 heteroatoms. The molecule has 0 aromatic carbocycles. The molecule has 8 nitrogen and oxygen atoms in total. The van der Waals surface area contributed by atoms with E-state index in [4.69, 9.17) is 9.47 Å². The van der Waals surface area contributed by atoms with Crippen LogP contribution in [0.5, 0.6) is 11.6 Å². The lowest BCUT2D eigenvalue weighted by molar-refractivity contribution is -0.158. The molecule has 2 bridgehead atoms. The number of aromatic nitrogens is 4. The molecule has 2 aliphatic rings. The van der Waals surface area contributed by atoms with Gasteiger partial charge in [0.05, 0.1) is 36.7 Å². The number of nitrogens with zero attached hydrogens (tertiary/aromatic N) is 5. The SMILES string of the molecule is C=C1N[C@H](C(F)(F)F)COc2ncc(F)cc2CN2c3nc4c1cnn4cc3OC[C@H]2C. The maximum absolute atomic E-state index is 14.0. The van der Waals surface area contributed by atoms with Gasteiger partial charge in [-0.2, -0.15) is 18.3 Å². The van der Waals surface area contributed by atoms with Crippen molar-refractivity contribution in [2.24, 2.45) is 0 Å². The van der Waals surface area contributed by atoms with Crippen molar-refractivity contribution in [3.63, 3.8) is 0 Å². The third-order valence-corrected chi connectivity index (χ3v) is 5.41. The average Bonchev–Trinajstić information content (AvgIpc) is 3.14. The zero-order valence-electron chi connectivity index (χ0n) is 16.9. The summed E-state index contributed by atoms with van der Waals surface area (Å²) in [5.74, 6) is 0.182. The molecule has 0 amide bonds. The fourth-order valence-corrected chi connectivity index (χ4v) is 3.71. The Morgan fingerprint density at radius 3 is 2.81 bits per heavy atom. The molecule has 5 rings (SSSR count). The fraction of sp³-hybridized carbons (Fsp3) is 0.350. The zero-order chi connectivity index (χ0) is 22.6. The van der Waals surface area contributed by atoms with Crippen molar-refractivity contribution in [3.05, 3.63) is 48.2 Å². The van der Waals surface area contributed by atoms with Crippen molar-refractivity contribution < 1.29 is 27.0 Å². The van der Waals surface area contributed by atoms with E-state index in [0.29, 0.717) is 34.9 Å². The van der Waals surface area contributed by atoms with Gasteiger partial charge in [-0.3, -0.25) is 0 Å². The quantitative estimate of drug-likeness (QED) is 0.528. The number of hydrogen-bond acceptors (Lipinski definition) is 7. The molecule has 0 saturated heterocycles. The summed E-state index contributed by atoms with van der Waals surface area (Å²) in [5, 5.41) is 6.55. The maximum atomic E-state index is 14.0. The summed E-state index contributed by atoms with van der Waals surface area (Å²) in [4.78, 5) is 10.4. The molecule has 32 heavy (non-hydrogen) atoms. The smallest absolute Gasteiger partial charge is 0.411 e. The van der Waals surface area contributed by atoms with Crippen LogP contribution in [0.25, 0.3) is 11.3 Å². The molecule has 0 aliphatic carbocycles. The lowest BCUT2D eigenvalue weighted by Crippen LogP contribution is -2.45. The van der Waals surface area contributed by atoms with E-state index in [0.717, 1.165) is 6.20 Å². The van der Waals surface area contributed by atoms with Gasteiger partial charge in [-0.1, -0.05) is 6.58 Å². The summed E-state index contributed by atoms with van der Waals surface area (Å²) in [5.41, 5.74) is 0.893. The Hall–Kier alpha value is -3.57. The Bertz CT molecular complexity index is 1210. The molecular formula is C20H18F4N6O2. The number of hydrogen-bond donors (Lipinski definition) is 1. The molecule has 0 spiro atoms. The highest BCUT2D eigenvalue weighted by molar-refractivity contribution is 5.75. The van der Waals surface area contributed by atoms with Crippen LogP contribution in [0.3, 0.4) is 0 Å². The first-order chi connectivity index (χ1) is 15.2. The van der Waals surface area contributed by atoms with E-state index < -0.39 is 24.6 Å². The van der Waals surface area contributed by atoms with Crippen LogP contribution in [0.1, 0.15) is 18.1 Å². The van der Waals surface area contributed by atoms with Crippen LogP contribution in [-0.2, 0) is 6.54 Å². The van der Waals surface area contributed by atoms with Crippen LogP contribution in [0.4, 0.5) is 23.4 Å². The molecular weight excluding hydrogens is 432 g/mol. The monoisotopic (exact) mass is 450 g/mol. The largest absolute Gasteiger partial charge is 0.486 e. The Balaban J connectivity index is 1.70. The van der Waals surface area contributed by atoms with E-state index in [-0.39, 0.29) is 24.2 Å². The molecule has 5 heterocycles. The summed E-state index contributed by atoms with van der Waals surface area (Å²) in [6.07, 6.45) is -0.746. The number of pyridine rings is 1. The molecule has 0 unspecified atom stereocenters. The molecule has 168 valence electrons. The van der Waals surface area contributed by atoms with Crippen molar-refractivity contribution in [2.75, 3.05) is 18.1 Å². The van der Waals surface area contributed by atoms with E-state index >= 15 is 0 Å². The first kappa shape index (κ1) is 20.3. The van der Waals surface area contributed by atoms with E-state index in [1.165, 1.54) is 16.8 Å². The van der Waals surface area contributed by atoms with Crippen molar-refractivity contribution in [2.45, 2.75) is 31.7 Å². The molecule has 2 atom stereocenters. The Morgan fingerprint density at radius 2 is 2.03 bits per heavy atom. The van der Waals surface area contributed by atoms with Gasteiger partial charge < -0.3 is 19.7 Å². The lowest BCUT2D eigenvalue weighted by atomic mass is 10.2. The van der Waals surface area contributed by atoms with Crippen LogP contribution in [0.15, 0.2) is 31.2 Å². The highest BCUT2D eigenvalue weighted by Crippen LogP contribution is 2.36. The summed E-state index contributed by atoms with van der Waals surface area (Å²) in [6.45, 7) is 5.31. The number of fused-ring (bicyclic) bond motifs is 1. The average molecular weight is 450 g/mol. The molecule has 0 radical (unpaired) electrons. The molecule has 0 fully saturated rings. The second-order valence-electron chi connectivity index (χ2n) is 7.69. The van der Waals surface area contributed by atoms with Crippen LogP contribution < -0.4 is 19.7 Å². The van der Waals surface area contributed by atoms with Gasteiger partial charge in [-0.15, -0.1) is 0 Å². The number of anilines is 1. The predicted molar refractivity (Wildman–Crippen MR) is 106 cm³/mol. The summed E-state index contributed by atoms with van der Waals surface area (Å²) in [6, 6.07) is -1.05. The van der Waals surface area contributed by atoms with E-state index in [1.54, 1.807) is 6.20 Å². The minimum Gasteiger partial charge on any atom is -0.486 e. The van der Waals surface area contributed by atoms with Gasteiger partial charge in [-0.25, -0.2) is 18.9 Å². The van der Waals surface area contributed by atoms with Gasteiger partial charge >= 0.3 is 6.18 Å².